The first-order valence-corrected chi connectivity index (χ1v) is 7.67. The maximum Gasteiger partial charge on any atom is 0.119 e. The molecule has 0 heterocycles. The lowest BCUT2D eigenvalue weighted by molar-refractivity contribution is 0.414. The molecule has 1 atom stereocenters. The van der Waals surface area contributed by atoms with Gasteiger partial charge in [0.2, 0.25) is 0 Å². The van der Waals surface area contributed by atoms with E-state index >= 15 is 0 Å². The Morgan fingerprint density at radius 2 is 2.10 bits per heavy atom. The number of rotatable bonds is 3. The summed E-state index contributed by atoms with van der Waals surface area (Å²) in [6.45, 7) is 2.13. The molecule has 2 aromatic carbocycles. The Hall–Kier alpha value is -1.48. The van der Waals surface area contributed by atoms with Gasteiger partial charge < -0.3 is 10.1 Å². The predicted octanol–water partition coefficient (Wildman–Crippen LogP) is 4.87. The molecule has 104 valence electrons. The standard InChI is InChI=1S/C17H18BrNO/c1-11-15(18)4-3-5-16(11)19-17-9-7-12-6-8-13(20-2)10-14(12)17/h3-6,8,10,17,19H,7,9H2,1-2H3. The molecule has 2 nitrogen and oxygen atoms in total. The molecule has 0 bridgehead atoms. The fourth-order valence-electron chi connectivity index (χ4n) is 2.81. The summed E-state index contributed by atoms with van der Waals surface area (Å²) in [5.41, 5.74) is 5.24. The van der Waals surface area contributed by atoms with E-state index in [2.05, 4.69) is 58.5 Å². The number of anilines is 1. The van der Waals surface area contributed by atoms with E-state index in [-0.39, 0.29) is 0 Å². The van der Waals surface area contributed by atoms with Crippen LogP contribution in [0.4, 0.5) is 5.69 Å². The molecule has 2 aromatic rings. The number of halogens is 1. The molecular formula is C17H18BrNO. The minimum atomic E-state index is 0.369. The topological polar surface area (TPSA) is 21.3 Å². The van der Waals surface area contributed by atoms with Gasteiger partial charge in [0.05, 0.1) is 13.2 Å². The molecule has 0 spiro atoms. The first-order chi connectivity index (χ1) is 9.69. The number of hydrogen-bond acceptors (Lipinski definition) is 2. The van der Waals surface area contributed by atoms with Crippen molar-refractivity contribution in [2.45, 2.75) is 25.8 Å². The molecule has 1 aliphatic rings. The Morgan fingerprint density at radius 1 is 1.25 bits per heavy atom. The van der Waals surface area contributed by atoms with Gasteiger partial charge in [0.15, 0.2) is 0 Å². The van der Waals surface area contributed by atoms with Crippen molar-refractivity contribution >= 4 is 21.6 Å². The first kappa shape index (κ1) is 13.5. The quantitative estimate of drug-likeness (QED) is 0.866. The number of hydrogen-bond donors (Lipinski definition) is 1. The molecule has 0 saturated heterocycles. The molecule has 1 aliphatic carbocycles. The van der Waals surface area contributed by atoms with Gasteiger partial charge in [-0.2, -0.15) is 0 Å². The van der Waals surface area contributed by atoms with E-state index in [0.717, 1.165) is 23.1 Å². The Morgan fingerprint density at radius 3 is 2.90 bits per heavy atom. The summed E-state index contributed by atoms with van der Waals surface area (Å²) in [6, 6.07) is 13.0. The third-order valence-electron chi connectivity index (χ3n) is 4.03. The highest BCUT2D eigenvalue weighted by Gasteiger charge is 2.23. The van der Waals surface area contributed by atoms with E-state index in [9.17, 15) is 0 Å². The van der Waals surface area contributed by atoms with E-state index < -0.39 is 0 Å². The second-order valence-corrected chi connectivity index (χ2v) is 6.07. The third kappa shape index (κ3) is 2.42. The lowest BCUT2D eigenvalue weighted by Gasteiger charge is -2.18. The first-order valence-electron chi connectivity index (χ1n) is 6.87. The van der Waals surface area contributed by atoms with Crippen LogP contribution >= 0.6 is 15.9 Å². The van der Waals surface area contributed by atoms with E-state index in [4.69, 9.17) is 4.74 Å². The van der Waals surface area contributed by atoms with Crippen LogP contribution in [0.25, 0.3) is 0 Å². The number of fused-ring (bicyclic) bond motifs is 1. The molecule has 20 heavy (non-hydrogen) atoms. The highest BCUT2D eigenvalue weighted by molar-refractivity contribution is 9.10. The van der Waals surface area contributed by atoms with Crippen molar-refractivity contribution in [2.24, 2.45) is 0 Å². The summed E-state index contributed by atoms with van der Waals surface area (Å²) in [4.78, 5) is 0. The van der Waals surface area contributed by atoms with Crippen LogP contribution in [0.1, 0.15) is 29.2 Å². The summed E-state index contributed by atoms with van der Waals surface area (Å²) in [6.07, 6.45) is 2.26. The molecule has 1 unspecified atom stereocenters. The number of methoxy groups -OCH3 is 1. The van der Waals surface area contributed by atoms with Gasteiger partial charge >= 0.3 is 0 Å². The van der Waals surface area contributed by atoms with Crippen LogP contribution < -0.4 is 10.1 Å². The zero-order valence-corrected chi connectivity index (χ0v) is 13.3. The normalized spacial score (nSPS) is 16.9. The summed E-state index contributed by atoms with van der Waals surface area (Å²) in [5, 5.41) is 3.67. The fourth-order valence-corrected chi connectivity index (χ4v) is 3.18. The average Bonchev–Trinajstić information content (AvgIpc) is 2.86. The van der Waals surface area contributed by atoms with Gasteiger partial charge in [-0.25, -0.2) is 0 Å². The van der Waals surface area contributed by atoms with Gasteiger partial charge in [-0.3, -0.25) is 0 Å². The summed E-state index contributed by atoms with van der Waals surface area (Å²) in [5.74, 6) is 0.934. The highest BCUT2D eigenvalue weighted by Crippen LogP contribution is 2.37. The maximum atomic E-state index is 5.35. The summed E-state index contributed by atoms with van der Waals surface area (Å²) < 4.78 is 6.49. The molecular weight excluding hydrogens is 314 g/mol. The van der Waals surface area contributed by atoms with Crippen LogP contribution in [-0.4, -0.2) is 7.11 Å². The van der Waals surface area contributed by atoms with Crippen LogP contribution in [0.2, 0.25) is 0 Å². The van der Waals surface area contributed by atoms with Crippen LogP contribution in [0.15, 0.2) is 40.9 Å². The van der Waals surface area contributed by atoms with Crippen LogP contribution in [0, 0.1) is 6.92 Å². The fraction of sp³-hybridized carbons (Fsp3) is 0.294. The Bertz CT molecular complexity index is 639. The zero-order chi connectivity index (χ0) is 14.1. The Kier molecular flexibility index (Phi) is 3.70. The van der Waals surface area contributed by atoms with E-state index in [1.54, 1.807) is 7.11 Å². The van der Waals surface area contributed by atoms with Crippen molar-refractivity contribution in [3.05, 3.63) is 57.6 Å². The number of aryl methyl sites for hydroxylation is 1. The molecule has 0 saturated carbocycles. The van der Waals surface area contributed by atoms with Crippen molar-refractivity contribution in [1.29, 1.82) is 0 Å². The Labute approximate surface area is 128 Å². The third-order valence-corrected chi connectivity index (χ3v) is 4.89. The molecule has 0 aliphatic heterocycles. The summed E-state index contributed by atoms with van der Waals surface area (Å²) >= 11 is 3.59. The summed E-state index contributed by atoms with van der Waals surface area (Å²) in [7, 11) is 1.72. The highest BCUT2D eigenvalue weighted by atomic mass is 79.9. The molecule has 0 amide bonds. The monoisotopic (exact) mass is 331 g/mol. The SMILES string of the molecule is COc1ccc2c(c1)C(Nc1cccc(Br)c1C)CC2. The van der Waals surface area contributed by atoms with Gasteiger partial charge in [0, 0.05) is 10.2 Å². The van der Waals surface area contributed by atoms with Gasteiger partial charge in [-0.15, -0.1) is 0 Å². The second-order valence-electron chi connectivity index (χ2n) is 5.21. The Balaban J connectivity index is 1.89. The molecule has 0 radical (unpaired) electrons. The van der Waals surface area contributed by atoms with Crippen LogP contribution in [0.3, 0.4) is 0 Å². The van der Waals surface area contributed by atoms with E-state index in [1.165, 1.54) is 22.4 Å². The maximum absolute atomic E-state index is 5.35. The molecule has 0 fully saturated rings. The largest absolute Gasteiger partial charge is 0.497 e. The number of nitrogens with one attached hydrogen (secondary N) is 1. The van der Waals surface area contributed by atoms with Crippen LogP contribution in [0.5, 0.6) is 5.75 Å². The van der Waals surface area contributed by atoms with Crippen molar-refractivity contribution < 1.29 is 4.74 Å². The molecule has 0 aromatic heterocycles. The molecule has 1 N–H and O–H groups in total. The average molecular weight is 332 g/mol. The number of ether oxygens (including phenoxy) is 1. The lowest BCUT2D eigenvalue weighted by atomic mass is 10.1. The predicted molar refractivity (Wildman–Crippen MR) is 86.6 cm³/mol. The molecule has 3 heteroatoms. The van der Waals surface area contributed by atoms with E-state index in [1.807, 2.05) is 6.07 Å². The van der Waals surface area contributed by atoms with Crippen molar-refractivity contribution in [3.63, 3.8) is 0 Å². The smallest absolute Gasteiger partial charge is 0.119 e. The van der Waals surface area contributed by atoms with Gasteiger partial charge in [-0.05, 0) is 60.7 Å². The lowest BCUT2D eigenvalue weighted by Crippen LogP contribution is -2.08. The van der Waals surface area contributed by atoms with Crippen molar-refractivity contribution in [3.8, 4) is 5.75 Å². The van der Waals surface area contributed by atoms with Gasteiger partial charge in [0.25, 0.3) is 0 Å². The van der Waals surface area contributed by atoms with Crippen molar-refractivity contribution in [2.75, 3.05) is 12.4 Å². The van der Waals surface area contributed by atoms with Crippen molar-refractivity contribution in [1.82, 2.24) is 0 Å². The van der Waals surface area contributed by atoms with Crippen LogP contribution in [-0.2, 0) is 6.42 Å². The minimum Gasteiger partial charge on any atom is -0.497 e. The number of benzene rings is 2. The van der Waals surface area contributed by atoms with Gasteiger partial charge in [0.1, 0.15) is 5.75 Å². The van der Waals surface area contributed by atoms with Gasteiger partial charge in [-0.1, -0.05) is 28.1 Å². The minimum absolute atomic E-state index is 0.369. The van der Waals surface area contributed by atoms with E-state index in [0.29, 0.717) is 6.04 Å². The molecule has 3 rings (SSSR count). The zero-order valence-electron chi connectivity index (χ0n) is 11.7. The second kappa shape index (κ2) is 5.49.